The van der Waals surface area contributed by atoms with E-state index in [0.717, 1.165) is 20.3 Å². The molecule has 0 saturated heterocycles. The molecule has 0 aliphatic heterocycles. The second-order valence-corrected chi connectivity index (χ2v) is 11.8. The number of fused-ring (bicyclic) bond motifs is 1. The highest BCUT2D eigenvalue weighted by molar-refractivity contribution is 8.01. The Kier molecular flexibility index (Phi) is 7.71. The van der Waals surface area contributed by atoms with Crippen LogP contribution in [0.3, 0.4) is 0 Å². The fraction of sp³-hybridized carbons (Fsp3) is 0.333. The average Bonchev–Trinajstić information content (AvgIpc) is 3.16. The van der Waals surface area contributed by atoms with Gasteiger partial charge in [0.2, 0.25) is 0 Å². The first-order valence-electron chi connectivity index (χ1n) is 9.80. The largest absolute Gasteiger partial charge is 0.289 e. The third kappa shape index (κ3) is 5.27. The summed E-state index contributed by atoms with van der Waals surface area (Å²) in [4.78, 5) is 16.9. The predicted octanol–water partition coefficient (Wildman–Crippen LogP) is 4.00. The van der Waals surface area contributed by atoms with E-state index < -0.39 is 27.2 Å². The number of rotatable bonds is 9. The zero-order chi connectivity index (χ0) is 22.6. The Morgan fingerprint density at radius 2 is 1.90 bits per heavy atom. The monoisotopic (exact) mass is 479 g/mol. The Hall–Kier alpha value is -1.98. The van der Waals surface area contributed by atoms with Crippen LogP contribution in [0.2, 0.25) is 0 Å². The molecule has 2 atom stereocenters. The van der Waals surface area contributed by atoms with Gasteiger partial charge in [0.25, 0.3) is 5.91 Å². The fourth-order valence-electron chi connectivity index (χ4n) is 3.18. The van der Waals surface area contributed by atoms with Gasteiger partial charge in [-0.1, -0.05) is 62.9 Å². The Morgan fingerprint density at radius 3 is 2.52 bits per heavy atom. The summed E-state index contributed by atoms with van der Waals surface area (Å²) in [5.41, 5.74) is 2.89. The van der Waals surface area contributed by atoms with Crippen LogP contribution >= 0.6 is 23.1 Å². The van der Waals surface area contributed by atoms with Crippen LogP contribution in [0.5, 0.6) is 0 Å². The normalized spacial score (nSPS) is 14.0. The van der Waals surface area contributed by atoms with E-state index in [-0.39, 0.29) is 10.8 Å². The summed E-state index contributed by atoms with van der Waals surface area (Å²) < 4.78 is 29.1. The van der Waals surface area contributed by atoms with Crippen molar-refractivity contribution in [2.24, 2.45) is 5.92 Å². The zero-order valence-electron chi connectivity index (χ0n) is 17.4. The van der Waals surface area contributed by atoms with Crippen molar-refractivity contribution < 1.29 is 18.4 Å². The van der Waals surface area contributed by atoms with Crippen molar-refractivity contribution in [3.63, 3.8) is 0 Å². The number of sulfone groups is 1. The van der Waals surface area contributed by atoms with Gasteiger partial charge in [0.15, 0.2) is 14.2 Å². The lowest BCUT2D eigenvalue weighted by Crippen LogP contribution is -2.49. The minimum atomic E-state index is -3.92. The van der Waals surface area contributed by atoms with E-state index >= 15 is 0 Å². The molecule has 1 unspecified atom stereocenters. The Morgan fingerprint density at radius 1 is 1.19 bits per heavy atom. The maximum atomic E-state index is 13.7. The Labute approximate surface area is 190 Å². The molecule has 31 heavy (non-hydrogen) atoms. The molecule has 166 valence electrons. The molecule has 0 aliphatic rings. The molecule has 7 nitrogen and oxygen atoms in total. The summed E-state index contributed by atoms with van der Waals surface area (Å²) in [7, 11) is -3.92. The maximum Gasteiger partial charge on any atom is 0.260 e. The van der Waals surface area contributed by atoms with Crippen LogP contribution in [0.25, 0.3) is 10.2 Å². The van der Waals surface area contributed by atoms with E-state index in [2.05, 4.69) is 10.3 Å². The van der Waals surface area contributed by atoms with Crippen molar-refractivity contribution in [1.82, 2.24) is 15.8 Å². The quantitative estimate of drug-likeness (QED) is 0.242. The van der Waals surface area contributed by atoms with Crippen molar-refractivity contribution in [3.8, 4) is 0 Å². The molecule has 0 bridgehead atoms. The van der Waals surface area contributed by atoms with Crippen LogP contribution in [0.4, 0.5) is 0 Å². The molecule has 3 rings (SSSR count). The third-order valence-electron chi connectivity index (χ3n) is 4.74. The predicted molar refractivity (Wildman–Crippen MR) is 124 cm³/mol. The van der Waals surface area contributed by atoms with Gasteiger partial charge >= 0.3 is 0 Å². The molecule has 3 aromatic rings. The van der Waals surface area contributed by atoms with Crippen molar-refractivity contribution in [2.45, 2.75) is 41.4 Å². The fourth-order valence-corrected chi connectivity index (χ4v) is 6.91. The van der Waals surface area contributed by atoms with Gasteiger partial charge in [-0.2, -0.15) is 0 Å². The lowest BCUT2D eigenvalue weighted by Gasteiger charge is -2.27. The second-order valence-electron chi connectivity index (χ2n) is 7.24. The average molecular weight is 480 g/mol. The van der Waals surface area contributed by atoms with Crippen molar-refractivity contribution in [3.05, 3.63) is 54.1 Å². The number of carbonyl (C=O) groups excluding carboxylic acids is 1. The molecular weight excluding hydrogens is 454 g/mol. The van der Waals surface area contributed by atoms with Crippen LogP contribution in [-0.2, 0) is 14.6 Å². The number of benzene rings is 2. The number of thiazole rings is 1. The molecule has 3 N–H and O–H groups in total. The molecule has 0 fully saturated rings. The van der Waals surface area contributed by atoms with E-state index in [1.54, 1.807) is 79.6 Å². The number of hydrogen-bond donors (Lipinski definition) is 3. The summed E-state index contributed by atoms with van der Waals surface area (Å²) in [6.07, 6.45) is 0. The first-order chi connectivity index (χ1) is 14.8. The van der Waals surface area contributed by atoms with E-state index in [9.17, 15) is 13.2 Å². The van der Waals surface area contributed by atoms with Gasteiger partial charge in [-0.15, -0.1) is 11.3 Å². The second kappa shape index (κ2) is 10.1. The zero-order valence-corrected chi connectivity index (χ0v) is 19.9. The molecule has 0 radical (unpaired) electrons. The Bertz CT molecular complexity index is 1150. The minimum Gasteiger partial charge on any atom is -0.289 e. The number of aromatic nitrogens is 1. The van der Waals surface area contributed by atoms with Crippen LogP contribution < -0.4 is 10.8 Å². The third-order valence-corrected chi connectivity index (χ3v) is 8.72. The summed E-state index contributed by atoms with van der Waals surface area (Å²) in [5, 5.41) is 10.9. The number of amides is 1. The highest BCUT2D eigenvalue weighted by Crippen LogP contribution is 2.34. The van der Waals surface area contributed by atoms with Gasteiger partial charge in [0.05, 0.1) is 21.2 Å². The van der Waals surface area contributed by atoms with Crippen LogP contribution in [0.15, 0.2) is 57.8 Å². The number of nitrogens with one attached hydrogen (secondary N) is 2. The van der Waals surface area contributed by atoms with E-state index in [0.29, 0.717) is 5.56 Å². The number of hydroxylamine groups is 1. The molecule has 0 spiro atoms. The minimum absolute atomic E-state index is 0.143. The highest BCUT2D eigenvalue weighted by atomic mass is 32.2. The lowest BCUT2D eigenvalue weighted by atomic mass is 10.0. The van der Waals surface area contributed by atoms with Crippen LogP contribution in [-0.4, -0.2) is 36.3 Å². The highest BCUT2D eigenvalue weighted by Gasteiger charge is 2.34. The van der Waals surface area contributed by atoms with Gasteiger partial charge in [0, 0.05) is 0 Å². The summed E-state index contributed by atoms with van der Waals surface area (Å²) in [6.45, 7) is 5.59. The van der Waals surface area contributed by atoms with Crippen molar-refractivity contribution in [1.29, 1.82) is 0 Å². The maximum absolute atomic E-state index is 13.7. The number of nitrogens with zero attached hydrogens (tertiary/aromatic N) is 1. The molecule has 2 aromatic carbocycles. The molecule has 0 saturated carbocycles. The SMILES string of the molecule is CCSc1nc2ccc(S(=O)(=O)C(N[C@@H](C(=O)NO)C(C)C)c3ccccc3)cc2s1. The van der Waals surface area contributed by atoms with E-state index in [4.69, 9.17) is 5.21 Å². The molecule has 10 heteroatoms. The summed E-state index contributed by atoms with van der Waals surface area (Å²) >= 11 is 3.07. The van der Waals surface area contributed by atoms with Gasteiger partial charge in [-0.05, 0) is 35.4 Å². The van der Waals surface area contributed by atoms with Crippen molar-refractivity contribution in [2.75, 3.05) is 5.75 Å². The van der Waals surface area contributed by atoms with Crippen LogP contribution in [0.1, 0.15) is 31.7 Å². The van der Waals surface area contributed by atoms with Gasteiger partial charge in [-0.25, -0.2) is 18.9 Å². The first kappa shape index (κ1) is 23.7. The Balaban J connectivity index is 2.06. The van der Waals surface area contributed by atoms with Gasteiger partial charge in [-0.3, -0.25) is 15.3 Å². The first-order valence-corrected chi connectivity index (χ1v) is 13.1. The summed E-state index contributed by atoms with van der Waals surface area (Å²) in [6, 6.07) is 12.7. The van der Waals surface area contributed by atoms with Gasteiger partial charge < -0.3 is 0 Å². The lowest BCUT2D eigenvalue weighted by molar-refractivity contribution is -0.132. The van der Waals surface area contributed by atoms with Crippen molar-refractivity contribution >= 4 is 49.1 Å². The van der Waals surface area contributed by atoms with Crippen LogP contribution in [0, 0.1) is 5.92 Å². The molecule has 1 heterocycles. The number of hydrogen-bond acceptors (Lipinski definition) is 8. The standard InChI is InChI=1S/C21H25N3O4S3/c1-4-29-21-22-16-11-10-15(12-17(16)30-21)31(27,28)20(14-8-6-5-7-9-14)23-18(13(2)3)19(25)24-26/h5-13,18,20,23,26H,4H2,1-3H3,(H,24,25)/t18-,20?/m1/s1. The van der Waals surface area contributed by atoms with Gasteiger partial charge in [0.1, 0.15) is 5.37 Å². The number of thioether (sulfide) groups is 1. The molecule has 1 aromatic heterocycles. The summed E-state index contributed by atoms with van der Waals surface area (Å²) in [5.74, 6) is -0.0643. The smallest absolute Gasteiger partial charge is 0.260 e. The van der Waals surface area contributed by atoms with E-state index in [1.807, 2.05) is 6.92 Å². The number of carbonyl (C=O) groups is 1. The molecule has 0 aliphatic carbocycles. The topological polar surface area (TPSA) is 108 Å². The van der Waals surface area contributed by atoms with E-state index in [1.165, 1.54) is 11.3 Å². The molecule has 1 amide bonds. The molecular formula is C21H25N3O4S3.